The molecule has 0 bridgehead atoms. The molecule has 1 aliphatic heterocycles. The number of benzene rings is 2. The van der Waals surface area contributed by atoms with Gasteiger partial charge < -0.3 is 0 Å². The zero-order chi connectivity index (χ0) is 14.3. The number of fused-ring (bicyclic) bond motifs is 3. The van der Waals surface area contributed by atoms with E-state index in [1.54, 1.807) is 10.6 Å². The molecule has 0 N–H and O–H groups in total. The van der Waals surface area contributed by atoms with E-state index in [1.807, 2.05) is 0 Å². The van der Waals surface area contributed by atoms with Crippen LogP contribution < -0.4 is 10.6 Å². The smallest absolute Gasteiger partial charge is 0.0101 e. The molecule has 0 nitrogen and oxygen atoms in total. The zero-order valence-electron chi connectivity index (χ0n) is 12.9. The number of hydrogen-bond donors (Lipinski definition) is 0. The first-order valence-corrected chi connectivity index (χ1v) is 10.7. The Kier molecular flexibility index (Phi) is 3.38. The second kappa shape index (κ2) is 5.25. The van der Waals surface area contributed by atoms with E-state index in [-0.39, 0.29) is 0 Å². The van der Waals surface area contributed by atoms with E-state index < -0.39 is 7.26 Å². The first-order valence-electron chi connectivity index (χ1n) is 8.37. The van der Waals surface area contributed by atoms with Crippen LogP contribution in [0.3, 0.4) is 0 Å². The Labute approximate surface area is 128 Å². The highest BCUT2D eigenvalue weighted by molar-refractivity contribution is 7.90. The third-order valence-electron chi connectivity index (χ3n) is 5.65. The molecule has 1 heteroatoms. The number of rotatable bonds is 1. The molecule has 0 aromatic heterocycles. The van der Waals surface area contributed by atoms with Crippen molar-refractivity contribution in [1.82, 2.24) is 0 Å². The highest BCUT2D eigenvalue weighted by atomic mass is 31.2. The van der Waals surface area contributed by atoms with Crippen LogP contribution in [0.4, 0.5) is 0 Å². The summed E-state index contributed by atoms with van der Waals surface area (Å²) in [5.41, 5.74) is 3.95. The molecule has 2 aromatic rings. The summed E-state index contributed by atoms with van der Waals surface area (Å²) in [5.74, 6) is 0. The standard InChI is InChI=1S/C20H24P/c1-21(16-10-4-2-3-5-11-16)19-14-8-6-12-17(19)18-13-7-9-15-20(18)21/h6-9,12-16H,2-5,10-11H2,1H3. The van der Waals surface area contributed by atoms with Crippen molar-refractivity contribution in [2.75, 3.05) is 6.66 Å². The van der Waals surface area contributed by atoms with Gasteiger partial charge in [0.1, 0.15) is 0 Å². The van der Waals surface area contributed by atoms with Crippen LogP contribution in [0.1, 0.15) is 38.5 Å². The SMILES string of the molecule is C[P]1(C2CCCCCC2)c2ccccc2-c2ccccc21. The van der Waals surface area contributed by atoms with Crippen molar-refractivity contribution in [2.24, 2.45) is 0 Å². The maximum Gasteiger partial charge on any atom is -0.0101 e. The van der Waals surface area contributed by atoms with Crippen LogP contribution in [0.5, 0.6) is 0 Å². The molecule has 1 radical (unpaired) electrons. The minimum Gasteiger partial charge on any atom is -0.0687 e. The van der Waals surface area contributed by atoms with Gasteiger partial charge in [-0.1, -0.05) is 81.5 Å². The highest BCUT2D eigenvalue weighted by Crippen LogP contribution is 2.66. The van der Waals surface area contributed by atoms with Crippen LogP contribution in [0.15, 0.2) is 48.5 Å². The molecular weight excluding hydrogens is 271 g/mol. The summed E-state index contributed by atoms with van der Waals surface area (Å²) in [5, 5.41) is 3.36. The van der Waals surface area contributed by atoms with Gasteiger partial charge in [0, 0.05) is 0 Å². The lowest BCUT2D eigenvalue weighted by Gasteiger charge is -2.38. The summed E-state index contributed by atoms with van der Waals surface area (Å²) in [6, 6.07) is 18.4. The quantitative estimate of drug-likeness (QED) is 0.513. The third-order valence-corrected chi connectivity index (χ3v) is 10.4. The van der Waals surface area contributed by atoms with Gasteiger partial charge in [-0.2, -0.15) is 0 Å². The Balaban J connectivity index is 1.90. The maximum atomic E-state index is 2.62. The summed E-state index contributed by atoms with van der Waals surface area (Å²) in [4.78, 5) is 0. The summed E-state index contributed by atoms with van der Waals surface area (Å²) < 4.78 is 0. The molecule has 1 heterocycles. The van der Waals surface area contributed by atoms with E-state index in [9.17, 15) is 0 Å². The van der Waals surface area contributed by atoms with Gasteiger partial charge >= 0.3 is 0 Å². The number of hydrogen-bond acceptors (Lipinski definition) is 0. The third kappa shape index (κ3) is 2.00. The Morgan fingerprint density at radius 3 is 1.71 bits per heavy atom. The van der Waals surface area contributed by atoms with E-state index in [0.29, 0.717) is 0 Å². The lowest BCUT2D eigenvalue weighted by Crippen LogP contribution is -2.27. The molecule has 4 rings (SSSR count). The summed E-state index contributed by atoms with van der Waals surface area (Å²) in [6.45, 7) is 2.62. The second-order valence-corrected chi connectivity index (χ2v) is 10.6. The fourth-order valence-electron chi connectivity index (χ4n) is 4.51. The van der Waals surface area contributed by atoms with Crippen molar-refractivity contribution < 1.29 is 0 Å². The van der Waals surface area contributed by atoms with E-state index >= 15 is 0 Å². The zero-order valence-corrected chi connectivity index (χ0v) is 13.8. The Hall–Kier alpha value is -1.13. The van der Waals surface area contributed by atoms with Crippen molar-refractivity contribution in [3.05, 3.63) is 48.5 Å². The summed E-state index contributed by atoms with van der Waals surface area (Å²) in [6.07, 6.45) is 8.63. The molecule has 0 spiro atoms. The molecule has 0 saturated heterocycles. The fraction of sp³-hybridized carbons (Fsp3) is 0.400. The van der Waals surface area contributed by atoms with Crippen molar-refractivity contribution in [2.45, 2.75) is 44.2 Å². The molecule has 1 saturated carbocycles. The van der Waals surface area contributed by atoms with Gasteiger partial charge in [-0.15, -0.1) is 0 Å². The lowest BCUT2D eigenvalue weighted by atomic mass is 10.1. The normalized spacial score (nSPS) is 20.6. The molecule has 0 atom stereocenters. The van der Waals surface area contributed by atoms with Gasteiger partial charge in [-0.25, -0.2) is 0 Å². The molecule has 2 aliphatic rings. The molecular formula is C20H24P. The molecule has 109 valence electrons. The monoisotopic (exact) mass is 295 g/mol. The van der Waals surface area contributed by atoms with E-state index in [0.717, 1.165) is 5.66 Å². The summed E-state index contributed by atoms with van der Waals surface area (Å²) in [7, 11) is -1.20. The molecule has 1 aliphatic carbocycles. The Bertz CT molecular complexity index is 605. The van der Waals surface area contributed by atoms with E-state index in [1.165, 1.54) is 49.7 Å². The molecule has 0 unspecified atom stereocenters. The highest BCUT2D eigenvalue weighted by Gasteiger charge is 2.42. The topological polar surface area (TPSA) is 0 Å². The molecule has 1 fully saturated rings. The fourth-order valence-corrected chi connectivity index (χ4v) is 9.14. The molecule has 2 aromatic carbocycles. The van der Waals surface area contributed by atoms with Crippen LogP contribution >= 0.6 is 7.26 Å². The predicted octanol–water partition coefficient (Wildman–Crippen LogP) is 4.99. The molecule has 0 amide bonds. The first-order chi connectivity index (χ1) is 10.3. The maximum absolute atomic E-state index is 2.62. The van der Waals surface area contributed by atoms with E-state index in [2.05, 4.69) is 55.2 Å². The van der Waals surface area contributed by atoms with Crippen molar-refractivity contribution in [1.29, 1.82) is 0 Å². The van der Waals surface area contributed by atoms with Crippen LogP contribution in [-0.2, 0) is 0 Å². The van der Waals surface area contributed by atoms with Crippen LogP contribution in [0.2, 0.25) is 0 Å². The lowest BCUT2D eigenvalue weighted by molar-refractivity contribution is 0.702. The minimum absolute atomic E-state index is 0.907. The first kappa shape index (κ1) is 13.5. The van der Waals surface area contributed by atoms with Crippen molar-refractivity contribution in [3.63, 3.8) is 0 Å². The van der Waals surface area contributed by atoms with Gasteiger partial charge in [0.05, 0.1) is 0 Å². The largest absolute Gasteiger partial charge is 0.0687 e. The van der Waals surface area contributed by atoms with E-state index in [4.69, 9.17) is 0 Å². The van der Waals surface area contributed by atoms with Crippen LogP contribution in [0, 0.1) is 0 Å². The van der Waals surface area contributed by atoms with Gasteiger partial charge in [0.2, 0.25) is 0 Å². The van der Waals surface area contributed by atoms with Gasteiger partial charge in [-0.05, 0) is 46.9 Å². The van der Waals surface area contributed by atoms with Crippen molar-refractivity contribution >= 4 is 17.9 Å². The van der Waals surface area contributed by atoms with Gasteiger partial charge in [0.25, 0.3) is 0 Å². The van der Waals surface area contributed by atoms with Crippen LogP contribution in [0.25, 0.3) is 11.1 Å². The Morgan fingerprint density at radius 1 is 0.714 bits per heavy atom. The predicted molar refractivity (Wildman–Crippen MR) is 95.5 cm³/mol. The second-order valence-electron chi connectivity index (χ2n) is 6.76. The summed E-state index contributed by atoms with van der Waals surface area (Å²) >= 11 is 0. The Morgan fingerprint density at radius 2 is 1.19 bits per heavy atom. The minimum atomic E-state index is -1.20. The van der Waals surface area contributed by atoms with Crippen LogP contribution in [-0.4, -0.2) is 12.3 Å². The van der Waals surface area contributed by atoms with Gasteiger partial charge in [0.15, 0.2) is 0 Å². The van der Waals surface area contributed by atoms with Crippen molar-refractivity contribution in [3.8, 4) is 11.1 Å². The van der Waals surface area contributed by atoms with Gasteiger partial charge in [-0.3, -0.25) is 0 Å². The average molecular weight is 295 g/mol. The average Bonchev–Trinajstić information content (AvgIpc) is 2.73. The molecule has 21 heavy (non-hydrogen) atoms.